The van der Waals surface area contributed by atoms with E-state index in [1.807, 2.05) is 6.07 Å². The van der Waals surface area contributed by atoms with E-state index >= 15 is 0 Å². The maximum atomic E-state index is 3.94. The molecule has 0 aliphatic heterocycles. The summed E-state index contributed by atoms with van der Waals surface area (Å²) in [6.45, 7) is 6.70. The van der Waals surface area contributed by atoms with Gasteiger partial charge in [-0.1, -0.05) is 13.8 Å². The second-order valence-electron chi connectivity index (χ2n) is 5.28. The van der Waals surface area contributed by atoms with Crippen molar-refractivity contribution in [2.75, 3.05) is 6.54 Å². The van der Waals surface area contributed by atoms with Crippen LogP contribution in [-0.4, -0.2) is 16.7 Å². The fourth-order valence-electron chi connectivity index (χ4n) is 2.34. The van der Waals surface area contributed by atoms with Crippen molar-refractivity contribution in [2.24, 2.45) is 11.3 Å². The Hall–Kier alpha value is -0.830. The van der Waals surface area contributed by atoms with Gasteiger partial charge >= 0.3 is 0 Å². The third kappa shape index (κ3) is 3.06. The number of nitrogens with one attached hydrogen (secondary N) is 2. The van der Waals surface area contributed by atoms with Gasteiger partial charge in [0.15, 0.2) is 0 Å². The molecule has 1 heterocycles. The van der Waals surface area contributed by atoms with Crippen molar-refractivity contribution >= 4 is 0 Å². The lowest BCUT2D eigenvalue weighted by molar-refractivity contribution is 0.366. The van der Waals surface area contributed by atoms with Crippen molar-refractivity contribution in [2.45, 2.75) is 39.7 Å². The summed E-state index contributed by atoms with van der Waals surface area (Å²) in [5.41, 5.74) is 1.80. The van der Waals surface area contributed by atoms with E-state index in [-0.39, 0.29) is 0 Å². The predicted molar refractivity (Wildman–Crippen MR) is 61.4 cm³/mol. The highest BCUT2D eigenvalue weighted by molar-refractivity contribution is 4.99. The first-order valence-electron chi connectivity index (χ1n) is 5.89. The zero-order chi connectivity index (χ0) is 10.7. The van der Waals surface area contributed by atoms with Crippen LogP contribution in [0.5, 0.6) is 0 Å². The highest BCUT2D eigenvalue weighted by atomic mass is 15.1. The molecule has 0 radical (unpaired) electrons. The van der Waals surface area contributed by atoms with Crippen LogP contribution in [0.25, 0.3) is 0 Å². The summed E-state index contributed by atoms with van der Waals surface area (Å²) in [6.07, 6.45) is 5.98. The Morgan fingerprint density at radius 3 is 2.87 bits per heavy atom. The second-order valence-corrected chi connectivity index (χ2v) is 5.28. The van der Waals surface area contributed by atoms with E-state index in [0.29, 0.717) is 5.41 Å². The molecule has 0 amide bonds. The molecule has 0 spiro atoms. The van der Waals surface area contributed by atoms with Gasteiger partial charge in [0.05, 0.1) is 0 Å². The second kappa shape index (κ2) is 4.35. The topological polar surface area (TPSA) is 40.7 Å². The lowest BCUT2D eigenvalue weighted by atomic mass is 9.94. The van der Waals surface area contributed by atoms with Gasteiger partial charge in [-0.05, 0) is 36.7 Å². The van der Waals surface area contributed by atoms with Crippen molar-refractivity contribution in [3.8, 4) is 0 Å². The molecule has 1 saturated carbocycles. The van der Waals surface area contributed by atoms with Crippen molar-refractivity contribution in [3.05, 3.63) is 18.0 Å². The van der Waals surface area contributed by atoms with E-state index < -0.39 is 0 Å². The number of hydrogen-bond acceptors (Lipinski definition) is 2. The zero-order valence-electron chi connectivity index (χ0n) is 9.71. The van der Waals surface area contributed by atoms with E-state index in [0.717, 1.165) is 19.0 Å². The highest BCUT2D eigenvalue weighted by Gasteiger charge is 2.41. The number of aromatic amines is 1. The predicted octanol–water partition coefficient (Wildman–Crippen LogP) is 2.33. The molecule has 0 atom stereocenters. The smallest absolute Gasteiger partial charge is 0.0490 e. The van der Waals surface area contributed by atoms with Crippen molar-refractivity contribution in [3.63, 3.8) is 0 Å². The van der Waals surface area contributed by atoms with Gasteiger partial charge in [0.25, 0.3) is 0 Å². The highest BCUT2D eigenvalue weighted by Crippen LogP contribution is 2.49. The van der Waals surface area contributed by atoms with Crippen LogP contribution in [0.4, 0.5) is 0 Å². The molecule has 1 aliphatic carbocycles. The van der Waals surface area contributed by atoms with Gasteiger partial charge in [-0.25, -0.2) is 0 Å². The van der Waals surface area contributed by atoms with Gasteiger partial charge in [0, 0.05) is 25.0 Å². The first-order valence-corrected chi connectivity index (χ1v) is 5.89. The minimum absolute atomic E-state index is 0.619. The fraction of sp³-hybridized carbons (Fsp3) is 0.750. The van der Waals surface area contributed by atoms with E-state index in [2.05, 4.69) is 29.4 Å². The molecule has 84 valence electrons. The van der Waals surface area contributed by atoms with E-state index in [9.17, 15) is 0 Å². The van der Waals surface area contributed by atoms with Crippen LogP contribution >= 0.6 is 0 Å². The largest absolute Gasteiger partial charge is 0.311 e. The Labute approximate surface area is 91.7 Å². The molecule has 1 aromatic rings. The molecule has 0 saturated heterocycles. The SMILES string of the molecule is CC(C)CC1(CNCc2ccn[nH]2)CC1. The fourth-order valence-corrected chi connectivity index (χ4v) is 2.34. The van der Waals surface area contributed by atoms with Gasteiger partial charge in [-0.2, -0.15) is 5.10 Å². The molecule has 1 aliphatic rings. The molecule has 0 aromatic carbocycles. The monoisotopic (exact) mass is 207 g/mol. The first kappa shape index (κ1) is 10.7. The summed E-state index contributed by atoms with van der Waals surface area (Å²) >= 11 is 0. The van der Waals surface area contributed by atoms with Gasteiger partial charge in [0.2, 0.25) is 0 Å². The number of hydrogen-bond donors (Lipinski definition) is 2. The lowest BCUT2D eigenvalue weighted by Gasteiger charge is -2.17. The molecule has 15 heavy (non-hydrogen) atoms. The van der Waals surface area contributed by atoms with Gasteiger partial charge in [-0.3, -0.25) is 5.10 Å². The molecule has 3 nitrogen and oxygen atoms in total. The molecule has 1 fully saturated rings. The summed E-state index contributed by atoms with van der Waals surface area (Å²) in [4.78, 5) is 0. The zero-order valence-corrected chi connectivity index (χ0v) is 9.71. The molecule has 2 N–H and O–H groups in total. The first-order chi connectivity index (χ1) is 7.20. The number of nitrogens with zero attached hydrogens (tertiary/aromatic N) is 1. The third-order valence-corrected chi connectivity index (χ3v) is 3.17. The van der Waals surface area contributed by atoms with Crippen LogP contribution in [-0.2, 0) is 6.54 Å². The van der Waals surface area contributed by atoms with Crippen LogP contribution < -0.4 is 5.32 Å². The Morgan fingerprint density at radius 2 is 2.33 bits per heavy atom. The maximum absolute atomic E-state index is 3.94. The van der Waals surface area contributed by atoms with Gasteiger partial charge in [0.1, 0.15) is 0 Å². The average molecular weight is 207 g/mol. The third-order valence-electron chi connectivity index (χ3n) is 3.17. The Morgan fingerprint density at radius 1 is 1.53 bits per heavy atom. The summed E-state index contributed by atoms with van der Waals surface area (Å²) in [5.74, 6) is 0.821. The van der Waals surface area contributed by atoms with Crippen molar-refractivity contribution in [1.82, 2.24) is 15.5 Å². The van der Waals surface area contributed by atoms with Crippen LogP contribution in [0.15, 0.2) is 12.3 Å². The Kier molecular flexibility index (Phi) is 3.10. The molecule has 1 aromatic heterocycles. The van der Waals surface area contributed by atoms with Crippen LogP contribution in [0.3, 0.4) is 0 Å². The summed E-state index contributed by atoms with van der Waals surface area (Å²) in [5, 5.41) is 10.4. The van der Waals surface area contributed by atoms with Crippen molar-refractivity contribution < 1.29 is 0 Å². The van der Waals surface area contributed by atoms with Crippen molar-refractivity contribution in [1.29, 1.82) is 0 Å². The van der Waals surface area contributed by atoms with Crippen LogP contribution in [0.1, 0.15) is 38.8 Å². The summed E-state index contributed by atoms with van der Waals surface area (Å²) in [7, 11) is 0. The minimum atomic E-state index is 0.619. The minimum Gasteiger partial charge on any atom is -0.311 e. The molecule has 3 heteroatoms. The van der Waals surface area contributed by atoms with Gasteiger partial charge < -0.3 is 5.32 Å². The van der Waals surface area contributed by atoms with E-state index in [4.69, 9.17) is 0 Å². The Bertz CT molecular complexity index is 286. The summed E-state index contributed by atoms with van der Waals surface area (Å²) in [6, 6.07) is 2.02. The molecular weight excluding hydrogens is 186 g/mol. The molecule has 0 bridgehead atoms. The van der Waals surface area contributed by atoms with E-state index in [1.165, 1.54) is 25.0 Å². The standard InChI is InChI=1S/C12H21N3/c1-10(2)7-12(4-5-12)9-13-8-11-3-6-14-15-11/h3,6,10,13H,4-5,7-9H2,1-2H3,(H,14,15). The van der Waals surface area contributed by atoms with Crippen LogP contribution in [0.2, 0.25) is 0 Å². The number of H-pyrrole nitrogens is 1. The number of aromatic nitrogens is 2. The quantitative estimate of drug-likeness (QED) is 0.751. The van der Waals surface area contributed by atoms with Crippen LogP contribution in [0, 0.1) is 11.3 Å². The Balaban J connectivity index is 1.70. The molecule has 2 rings (SSSR count). The molecule has 0 unspecified atom stereocenters. The normalized spacial score (nSPS) is 18.3. The van der Waals surface area contributed by atoms with E-state index in [1.54, 1.807) is 6.20 Å². The maximum Gasteiger partial charge on any atom is 0.0490 e. The van der Waals surface area contributed by atoms with Gasteiger partial charge in [-0.15, -0.1) is 0 Å². The summed E-state index contributed by atoms with van der Waals surface area (Å²) < 4.78 is 0. The average Bonchev–Trinajstić information content (AvgIpc) is 2.74. The number of rotatable bonds is 6. The lowest BCUT2D eigenvalue weighted by Crippen LogP contribution is -2.24. The molecular formula is C12H21N3.